The van der Waals surface area contributed by atoms with E-state index in [9.17, 15) is 14.0 Å². The van der Waals surface area contributed by atoms with E-state index in [-0.39, 0.29) is 16.7 Å². The average Bonchev–Trinajstić information content (AvgIpc) is 2.73. The Morgan fingerprint density at radius 2 is 1.83 bits per heavy atom. The highest BCUT2D eigenvalue weighted by atomic mass is 32.2. The molecule has 2 amide bonds. The molecule has 148 valence electrons. The fourth-order valence-electron chi connectivity index (χ4n) is 2.62. The van der Waals surface area contributed by atoms with E-state index in [1.807, 2.05) is 13.0 Å². The van der Waals surface area contributed by atoms with Gasteiger partial charge in [0.2, 0.25) is 5.91 Å². The summed E-state index contributed by atoms with van der Waals surface area (Å²) in [6.45, 7) is 1.93. The van der Waals surface area contributed by atoms with Crippen molar-refractivity contribution >= 4 is 35.1 Å². The third-order valence-corrected chi connectivity index (χ3v) is 5.43. The number of anilines is 2. The van der Waals surface area contributed by atoms with Gasteiger partial charge in [-0.05, 0) is 48.9 Å². The number of hydrogen-bond donors (Lipinski definition) is 2. The second kappa shape index (κ2) is 9.84. The Bertz CT molecular complexity index is 998. The molecule has 3 aromatic rings. The van der Waals surface area contributed by atoms with Crippen LogP contribution in [0.2, 0.25) is 0 Å². The van der Waals surface area contributed by atoms with Crippen molar-refractivity contribution in [2.75, 3.05) is 10.6 Å². The molecule has 0 aliphatic rings. The number of hydrogen-bond acceptors (Lipinski definition) is 4. The molecule has 29 heavy (non-hydrogen) atoms. The Morgan fingerprint density at radius 1 is 1.03 bits per heavy atom. The number of nitrogens with one attached hydrogen (secondary N) is 2. The highest BCUT2D eigenvalue weighted by Gasteiger charge is 2.19. The van der Waals surface area contributed by atoms with E-state index in [0.717, 1.165) is 4.90 Å². The molecule has 1 aromatic heterocycles. The number of pyridine rings is 1. The summed E-state index contributed by atoms with van der Waals surface area (Å²) in [4.78, 5) is 29.8. The van der Waals surface area contributed by atoms with Gasteiger partial charge in [0.1, 0.15) is 11.6 Å². The molecular weight excluding hydrogens is 389 g/mol. The standard InChI is InChI=1S/C22H20FN3O2S/c1-2-19(22(28)26-20-12-5-6-13-24-20)29-16-9-7-8-15(14-16)25-21(27)17-10-3-4-11-18(17)23/h3-14,19H,2H2,1H3,(H,25,27)(H,24,26,28). The zero-order valence-electron chi connectivity index (χ0n) is 15.8. The van der Waals surface area contributed by atoms with Crippen LogP contribution < -0.4 is 10.6 Å². The average molecular weight is 409 g/mol. The monoisotopic (exact) mass is 409 g/mol. The normalized spacial score (nSPS) is 11.5. The molecule has 3 rings (SSSR count). The number of benzene rings is 2. The van der Waals surface area contributed by atoms with Crippen molar-refractivity contribution in [2.24, 2.45) is 0 Å². The van der Waals surface area contributed by atoms with Crippen LogP contribution in [-0.4, -0.2) is 22.0 Å². The SMILES string of the molecule is CCC(Sc1cccc(NC(=O)c2ccccc2F)c1)C(=O)Nc1ccccn1. The lowest BCUT2D eigenvalue weighted by atomic mass is 10.2. The zero-order valence-corrected chi connectivity index (χ0v) is 16.6. The molecule has 0 bridgehead atoms. The third kappa shape index (κ3) is 5.65. The molecule has 0 saturated heterocycles. The van der Waals surface area contributed by atoms with Crippen LogP contribution >= 0.6 is 11.8 Å². The molecule has 1 atom stereocenters. The summed E-state index contributed by atoms with van der Waals surface area (Å²) >= 11 is 1.39. The van der Waals surface area contributed by atoms with Gasteiger partial charge in [-0.1, -0.05) is 31.2 Å². The van der Waals surface area contributed by atoms with E-state index in [1.165, 1.54) is 30.0 Å². The van der Waals surface area contributed by atoms with Crippen molar-refractivity contribution in [3.8, 4) is 0 Å². The van der Waals surface area contributed by atoms with E-state index < -0.39 is 11.7 Å². The molecule has 0 fully saturated rings. The van der Waals surface area contributed by atoms with Crippen LogP contribution in [0.5, 0.6) is 0 Å². The number of carbonyl (C=O) groups is 2. The van der Waals surface area contributed by atoms with Crippen LogP contribution in [0, 0.1) is 5.82 Å². The summed E-state index contributed by atoms with van der Waals surface area (Å²) in [5.74, 6) is -0.739. The van der Waals surface area contributed by atoms with Crippen LogP contribution in [0.1, 0.15) is 23.7 Å². The van der Waals surface area contributed by atoms with Crippen molar-refractivity contribution in [2.45, 2.75) is 23.5 Å². The van der Waals surface area contributed by atoms with Crippen molar-refractivity contribution in [1.29, 1.82) is 0 Å². The summed E-state index contributed by atoms with van der Waals surface area (Å²) in [5.41, 5.74) is 0.509. The lowest BCUT2D eigenvalue weighted by Gasteiger charge is -2.15. The summed E-state index contributed by atoms with van der Waals surface area (Å²) in [6.07, 6.45) is 2.24. The lowest BCUT2D eigenvalue weighted by Crippen LogP contribution is -2.25. The first-order valence-electron chi connectivity index (χ1n) is 9.11. The van der Waals surface area contributed by atoms with E-state index in [0.29, 0.717) is 17.9 Å². The minimum atomic E-state index is -0.576. The first-order chi connectivity index (χ1) is 14.1. The topological polar surface area (TPSA) is 71.1 Å². The van der Waals surface area contributed by atoms with Crippen LogP contribution in [-0.2, 0) is 4.79 Å². The molecule has 0 saturated carbocycles. The molecule has 2 aromatic carbocycles. The largest absolute Gasteiger partial charge is 0.322 e. The number of halogens is 1. The van der Waals surface area contributed by atoms with Crippen molar-refractivity contribution in [3.05, 3.63) is 84.3 Å². The molecule has 2 N–H and O–H groups in total. The van der Waals surface area contributed by atoms with E-state index >= 15 is 0 Å². The van der Waals surface area contributed by atoms with Gasteiger partial charge in [0, 0.05) is 16.8 Å². The maximum atomic E-state index is 13.8. The summed E-state index contributed by atoms with van der Waals surface area (Å²) in [6, 6.07) is 18.3. The van der Waals surface area contributed by atoms with E-state index in [4.69, 9.17) is 0 Å². The van der Waals surface area contributed by atoms with Crippen molar-refractivity contribution in [3.63, 3.8) is 0 Å². The minimum Gasteiger partial charge on any atom is -0.322 e. The molecule has 0 spiro atoms. The van der Waals surface area contributed by atoms with Gasteiger partial charge in [-0.2, -0.15) is 0 Å². The molecular formula is C22H20FN3O2S. The fourth-order valence-corrected chi connectivity index (χ4v) is 3.63. The first kappa shape index (κ1) is 20.5. The number of amides is 2. The maximum absolute atomic E-state index is 13.8. The third-order valence-electron chi connectivity index (χ3n) is 4.07. The van der Waals surface area contributed by atoms with Gasteiger partial charge in [-0.3, -0.25) is 9.59 Å². The van der Waals surface area contributed by atoms with Crippen LogP contribution in [0.25, 0.3) is 0 Å². The molecule has 0 radical (unpaired) electrons. The highest BCUT2D eigenvalue weighted by molar-refractivity contribution is 8.00. The number of nitrogens with zero attached hydrogens (tertiary/aromatic N) is 1. The Labute approximate surface area is 172 Å². The molecule has 5 nitrogen and oxygen atoms in total. The van der Waals surface area contributed by atoms with Gasteiger partial charge in [-0.15, -0.1) is 11.8 Å². The molecule has 7 heteroatoms. The smallest absolute Gasteiger partial charge is 0.258 e. The fraction of sp³-hybridized carbons (Fsp3) is 0.136. The quantitative estimate of drug-likeness (QED) is 0.540. The van der Waals surface area contributed by atoms with Crippen molar-refractivity contribution < 1.29 is 14.0 Å². The second-order valence-corrected chi connectivity index (χ2v) is 7.46. The van der Waals surface area contributed by atoms with Gasteiger partial charge in [0.15, 0.2) is 0 Å². The predicted molar refractivity (Wildman–Crippen MR) is 114 cm³/mol. The summed E-state index contributed by atoms with van der Waals surface area (Å²) in [7, 11) is 0. The second-order valence-electron chi connectivity index (χ2n) is 6.18. The van der Waals surface area contributed by atoms with Gasteiger partial charge in [-0.25, -0.2) is 9.37 Å². The Hall–Kier alpha value is -3.19. The zero-order chi connectivity index (χ0) is 20.6. The van der Waals surface area contributed by atoms with E-state index in [2.05, 4.69) is 15.6 Å². The van der Waals surface area contributed by atoms with Gasteiger partial charge < -0.3 is 10.6 Å². The Morgan fingerprint density at radius 3 is 2.55 bits per heavy atom. The number of aromatic nitrogens is 1. The first-order valence-corrected chi connectivity index (χ1v) is 9.99. The Kier molecular flexibility index (Phi) is 6.97. The number of carbonyl (C=O) groups excluding carboxylic acids is 2. The van der Waals surface area contributed by atoms with Crippen LogP contribution in [0.4, 0.5) is 15.9 Å². The van der Waals surface area contributed by atoms with Crippen molar-refractivity contribution in [1.82, 2.24) is 4.98 Å². The maximum Gasteiger partial charge on any atom is 0.258 e. The van der Waals surface area contributed by atoms with Gasteiger partial charge in [0.05, 0.1) is 10.8 Å². The predicted octanol–water partition coefficient (Wildman–Crippen LogP) is 4.98. The van der Waals surface area contributed by atoms with Crippen LogP contribution in [0.3, 0.4) is 0 Å². The molecule has 0 aliphatic heterocycles. The highest BCUT2D eigenvalue weighted by Crippen LogP contribution is 2.28. The number of rotatable bonds is 7. The van der Waals surface area contributed by atoms with Gasteiger partial charge >= 0.3 is 0 Å². The Balaban J connectivity index is 1.67. The van der Waals surface area contributed by atoms with Gasteiger partial charge in [0.25, 0.3) is 5.91 Å². The molecule has 1 heterocycles. The summed E-state index contributed by atoms with van der Waals surface area (Å²) in [5, 5.41) is 5.18. The summed E-state index contributed by atoms with van der Waals surface area (Å²) < 4.78 is 13.8. The molecule has 0 aliphatic carbocycles. The van der Waals surface area contributed by atoms with Crippen LogP contribution in [0.15, 0.2) is 77.8 Å². The minimum absolute atomic E-state index is 0.0215. The van der Waals surface area contributed by atoms with E-state index in [1.54, 1.807) is 48.7 Å². The number of thioether (sulfide) groups is 1. The lowest BCUT2D eigenvalue weighted by molar-refractivity contribution is -0.115. The molecule has 1 unspecified atom stereocenters.